The van der Waals surface area contributed by atoms with Crippen molar-refractivity contribution in [2.45, 2.75) is 70.6 Å². The highest BCUT2D eigenvalue weighted by molar-refractivity contribution is 5.82. The minimum atomic E-state index is -0.0770. The molecule has 6 aromatic carbocycles. The van der Waals surface area contributed by atoms with Crippen molar-refractivity contribution in [2.75, 3.05) is 4.90 Å². The number of rotatable bonds is 6. The first-order valence-electron chi connectivity index (χ1n) is 19.7. The number of hydrogen-bond acceptors (Lipinski definition) is 1. The van der Waals surface area contributed by atoms with Gasteiger partial charge in [-0.25, -0.2) is 0 Å². The zero-order valence-corrected chi connectivity index (χ0v) is 31.2. The molecule has 0 aromatic heterocycles. The SMILES string of the molecule is CC[C@@H]1C[C@H]2C[C@H](C)CC1CC21c2ccccc2C(C)(C)c2ccc(N(c3ccc(-c4ccccc4)cc3)c3cccc(-c4ccccc4)c3)cc21. The van der Waals surface area contributed by atoms with Crippen molar-refractivity contribution in [1.29, 1.82) is 0 Å². The van der Waals surface area contributed by atoms with Crippen LogP contribution < -0.4 is 4.90 Å². The molecule has 0 aliphatic heterocycles. The third-order valence-corrected chi connectivity index (χ3v) is 13.4. The quantitative estimate of drug-likeness (QED) is 0.170. The zero-order valence-electron chi connectivity index (χ0n) is 31.2. The Morgan fingerprint density at radius 2 is 1.10 bits per heavy atom. The average Bonchev–Trinajstić information content (AvgIpc) is 3.44. The second-order valence-electron chi connectivity index (χ2n) is 16.7. The van der Waals surface area contributed by atoms with Crippen LogP contribution in [0.25, 0.3) is 22.3 Å². The Bertz CT molecular complexity index is 2200. The summed E-state index contributed by atoms with van der Waals surface area (Å²) in [6.45, 7) is 9.91. The van der Waals surface area contributed by atoms with Gasteiger partial charge in [-0.15, -0.1) is 0 Å². The lowest BCUT2D eigenvalue weighted by Crippen LogP contribution is -2.49. The number of hydrogen-bond donors (Lipinski definition) is 0. The monoisotopic (exact) mass is 677 g/mol. The lowest BCUT2D eigenvalue weighted by molar-refractivity contribution is 0.117. The molecule has 4 aliphatic carbocycles. The van der Waals surface area contributed by atoms with Crippen LogP contribution in [0.1, 0.15) is 82.1 Å². The van der Waals surface area contributed by atoms with Crippen LogP contribution in [0.2, 0.25) is 0 Å². The second-order valence-corrected chi connectivity index (χ2v) is 16.7. The van der Waals surface area contributed by atoms with E-state index in [1.807, 2.05) is 0 Å². The predicted octanol–water partition coefficient (Wildman–Crippen LogP) is 13.9. The Morgan fingerprint density at radius 3 is 1.81 bits per heavy atom. The van der Waals surface area contributed by atoms with Crippen molar-refractivity contribution >= 4 is 17.1 Å². The molecule has 5 atom stereocenters. The smallest absolute Gasteiger partial charge is 0.0467 e. The summed E-state index contributed by atoms with van der Waals surface area (Å²) in [4.78, 5) is 2.51. The topological polar surface area (TPSA) is 3.24 Å². The van der Waals surface area contributed by atoms with Crippen LogP contribution in [0.15, 0.2) is 152 Å². The van der Waals surface area contributed by atoms with Gasteiger partial charge in [-0.05, 0) is 130 Å². The molecule has 1 heteroatoms. The first-order chi connectivity index (χ1) is 25.4. The molecule has 0 heterocycles. The highest BCUT2D eigenvalue weighted by atomic mass is 15.1. The van der Waals surface area contributed by atoms with Crippen molar-refractivity contribution in [2.24, 2.45) is 23.7 Å². The van der Waals surface area contributed by atoms with Crippen LogP contribution in [-0.4, -0.2) is 0 Å². The van der Waals surface area contributed by atoms with E-state index in [4.69, 9.17) is 0 Å². The van der Waals surface area contributed by atoms with E-state index in [-0.39, 0.29) is 10.8 Å². The Morgan fingerprint density at radius 1 is 0.519 bits per heavy atom. The normalized spacial score (nSPS) is 24.2. The molecule has 0 radical (unpaired) electrons. The number of fused-ring (bicyclic) bond motifs is 5. The molecule has 10 rings (SSSR count). The van der Waals surface area contributed by atoms with E-state index in [1.54, 1.807) is 11.1 Å². The van der Waals surface area contributed by atoms with Crippen molar-refractivity contribution in [1.82, 2.24) is 0 Å². The summed E-state index contributed by atoms with van der Waals surface area (Å²) in [5.74, 6) is 2.99. The van der Waals surface area contributed by atoms with E-state index in [1.165, 1.54) is 82.5 Å². The van der Waals surface area contributed by atoms with Crippen LogP contribution >= 0.6 is 0 Å². The van der Waals surface area contributed by atoms with Crippen molar-refractivity contribution in [3.05, 3.63) is 174 Å². The Hall–Kier alpha value is -4.88. The summed E-state index contributed by atoms with van der Waals surface area (Å²) < 4.78 is 0. The molecule has 0 amide bonds. The molecule has 260 valence electrons. The number of nitrogens with zero attached hydrogens (tertiary/aromatic N) is 1. The molecule has 3 fully saturated rings. The Labute approximate surface area is 311 Å². The van der Waals surface area contributed by atoms with Gasteiger partial charge in [-0.2, -0.15) is 0 Å². The van der Waals surface area contributed by atoms with Crippen LogP contribution in [0.4, 0.5) is 17.1 Å². The van der Waals surface area contributed by atoms with Gasteiger partial charge in [0.25, 0.3) is 0 Å². The van der Waals surface area contributed by atoms with E-state index in [9.17, 15) is 0 Å². The van der Waals surface area contributed by atoms with Gasteiger partial charge in [0.2, 0.25) is 0 Å². The van der Waals surface area contributed by atoms with Crippen LogP contribution in [0.3, 0.4) is 0 Å². The molecule has 6 aromatic rings. The van der Waals surface area contributed by atoms with E-state index in [2.05, 4.69) is 184 Å². The minimum Gasteiger partial charge on any atom is -0.310 e. The van der Waals surface area contributed by atoms with E-state index in [0.29, 0.717) is 5.92 Å². The maximum absolute atomic E-state index is 2.64. The highest BCUT2D eigenvalue weighted by Gasteiger charge is 2.56. The van der Waals surface area contributed by atoms with Gasteiger partial charge in [-0.1, -0.05) is 149 Å². The predicted molar refractivity (Wildman–Crippen MR) is 220 cm³/mol. The van der Waals surface area contributed by atoms with Crippen LogP contribution in [-0.2, 0) is 10.8 Å². The molecular weight excluding hydrogens is 627 g/mol. The zero-order chi connectivity index (χ0) is 35.5. The highest BCUT2D eigenvalue weighted by Crippen LogP contribution is 2.64. The third kappa shape index (κ3) is 5.35. The molecule has 0 saturated heterocycles. The van der Waals surface area contributed by atoms with Crippen molar-refractivity contribution < 1.29 is 0 Å². The molecule has 52 heavy (non-hydrogen) atoms. The summed E-state index contributed by atoms with van der Waals surface area (Å²) in [6, 6.07) is 57.0. The van der Waals surface area contributed by atoms with Gasteiger partial charge in [0.1, 0.15) is 0 Å². The van der Waals surface area contributed by atoms with Gasteiger partial charge in [-0.3, -0.25) is 0 Å². The molecular formula is C51H51N. The second kappa shape index (κ2) is 13.0. The van der Waals surface area contributed by atoms with E-state index >= 15 is 0 Å². The average molecular weight is 678 g/mol. The maximum Gasteiger partial charge on any atom is 0.0467 e. The lowest BCUT2D eigenvalue weighted by Gasteiger charge is -2.55. The fourth-order valence-corrected chi connectivity index (χ4v) is 11.0. The fraction of sp³-hybridized carbons (Fsp3) is 0.294. The van der Waals surface area contributed by atoms with Gasteiger partial charge in [0, 0.05) is 27.9 Å². The van der Waals surface area contributed by atoms with Crippen LogP contribution in [0.5, 0.6) is 0 Å². The van der Waals surface area contributed by atoms with Crippen molar-refractivity contribution in [3.63, 3.8) is 0 Å². The van der Waals surface area contributed by atoms with Gasteiger partial charge in [0.05, 0.1) is 0 Å². The summed E-state index contributed by atoms with van der Waals surface area (Å²) in [6.07, 6.45) is 6.58. The van der Waals surface area contributed by atoms with E-state index in [0.717, 1.165) is 17.8 Å². The molecule has 3 saturated carbocycles. The standard InChI is InChI=1S/C51H51N/c1-5-36-31-42-30-35(2)29-41(36)34-51(42)48-22-13-12-21-46(48)50(3,4)47-28-27-45(33-49(47)51)52(43-25-23-39(24-26-43)37-15-8-6-9-16-37)44-20-14-19-40(32-44)38-17-10-7-11-18-38/h6-28,32-33,35-36,41-42H,5,29-31,34H2,1-4H3/t35-,36-,41?,42-,51?/m1/s1. The van der Waals surface area contributed by atoms with Gasteiger partial charge in [0.15, 0.2) is 0 Å². The molecule has 2 bridgehead atoms. The summed E-state index contributed by atoms with van der Waals surface area (Å²) >= 11 is 0. The fourth-order valence-electron chi connectivity index (χ4n) is 11.0. The minimum absolute atomic E-state index is 0.0211. The van der Waals surface area contributed by atoms with Crippen molar-refractivity contribution in [3.8, 4) is 22.3 Å². The Kier molecular flexibility index (Phi) is 8.22. The maximum atomic E-state index is 2.64. The first kappa shape index (κ1) is 33.0. The van der Waals surface area contributed by atoms with E-state index < -0.39 is 0 Å². The molecule has 1 nitrogen and oxygen atoms in total. The molecule has 2 unspecified atom stereocenters. The largest absolute Gasteiger partial charge is 0.310 e. The summed E-state index contributed by atoms with van der Waals surface area (Å²) in [7, 11) is 0. The molecule has 0 N–H and O–H groups in total. The van der Waals surface area contributed by atoms with Crippen LogP contribution in [0, 0.1) is 23.7 Å². The van der Waals surface area contributed by atoms with Gasteiger partial charge >= 0.3 is 0 Å². The van der Waals surface area contributed by atoms with Gasteiger partial charge < -0.3 is 4.90 Å². The third-order valence-electron chi connectivity index (χ3n) is 13.4. The number of benzene rings is 6. The summed E-state index contributed by atoms with van der Waals surface area (Å²) in [5, 5.41) is 0. The molecule has 4 aliphatic rings. The molecule has 1 spiro atoms. The lowest BCUT2D eigenvalue weighted by atomic mass is 9.48. The Balaban J connectivity index is 1.25. The summed E-state index contributed by atoms with van der Waals surface area (Å²) in [5.41, 5.74) is 14.7. The first-order valence-corrected chi connectivity index (χ1v) is 19.7. The number of anilines is 3.